The van der Waals surface area contributed by atoms with Gasteiger partial charge in [0.1, 0.15) is 5.69 Å². The minimum Gasteiger partial charge on any atom is -0.265 e. The molecule has 1 aliphatic heterocycles. The van der Waals surface area contributed by atoms with Gasteiger partial charge in [0.15, 0.2) is 0 Å². The summed E-state index contributed by atoms with van der Waals surface area (Å²) in [6.07, 6.45) is 6.98. The molecule has 0 spiro atoms. The van der Waals surface area contributed by atoms with Gasteiger partial charge < -0.3 is 0 Å². The molecule has 2 aromatic carbocycles. The fourth-order valence-electron chi connectivity index (χ4n) is 4.51. The Morgan fingerprint density at radius 1 is 0.933 bits per heavy atom. The van der Waals surface area contributed by atoms with E-state index < -0.39 is 0 Å². The Balaban J connectivity index is 1.58. The number of amides is 1. The lowest BCUT2D eigenvalue weighted by Gasteiger charge is -2.29. The molecule has 0 bridgehead atoms. The minimum absolute atomic E-state index is 0.102. The highest BCUT2D eigenvalue weighted by Gasteiger charge is 2.44. The van der Waals surface area contributed by atoms with E-state index >= 15 is 0 Å². The Kier molecular flexibility index (Phi) is 4.98. The maximum Gasteiger partial charge on any atom is 0.293 e. The molecule has 4 nitrogen and oxygen atoms in total. The summed E-state index contributed by atoms with van der Waals surface area (Å²) in [4.78, 5) is 17.7. The second-order valence-corrected chi connectivity index (χ2v) is 7.78. The highest BCUT2D eigenvalue weighted by molar-refractivity contribution is 6.09. The number of rotatable bonds is 3. The first-order chi connectivity index (χ1) is 14.8. The molecule has 1 fully saturated rings. The van der Waals surface area contributed by atoms with Crippen LogP contribution in [0.1, 0.15) is 46.9 Å². The molecule has 4 heteroatoms. The van der Waals surface area contributed by atoms with Crippen molar-refractivity contribution in [2.24, 2.45) is 11.0 Å². The number of aromatic nitrogens is 1. The number of hydrogen-bond donors (Lipinski definition) is 0. The topological polar surface area (TPSA) is 45.6 Å². The van der Waals surface area contributed by atoms with Crippen molar-refractivity contribution >= 4 is 17.7 Å². The Labute approximate surface area is 176 Å². The van der Waals surface area contributed by atoms with Crippen molar-refractivity contribution < 1.29 is 4.79 Å². The first-order valence-corrected chi connectivity index (χ1v) is 10.5. The van der Waals surface area contributed by atoms with Gasteiger partial charge in [-0.25, -0.2) is 5.01 Å². The van der Waals surface area contributed by atoms with Crippen molar-refractivity contribution in [1.29, 1.82) is 0 Å². The molecule has 0 N–H and O–H groups in total. The first kappa shape index (κ1) is 18.5. The number of nitrogens with zero attached hydrogens (tertiary/aromatic N) is 3. The SMILES string of the molecule is O=C(c1ccccn1)N1N=C2/C(=C/c3ccccc3)CCC[C@@H]2[C@@H]1c1ccccc1. The Morgan fingerprint density at radius 3 is 2.40 bits per heavy atom. The van der Waals surface area contributed by atoms with Gasteiger partial charge in [-0.15, -0.1) is 0 Å². The summed E-state index contributed by atoms with van der Waals surface area (Å²) in [7, 11) is 0. The van der Waals surface area contributed by atoms with Crippen LogP contribution >= 0.6 is 0 Å². The molecule has 0 saturated heterocycles. The lowest BCUT2D eigenvalue weighted by atomic mass is 9.77. The highest BCUT2D eigenvalue weighted by atomic mass is 16.2. The highest BCUT2D eigenvalue weighted by Crippen LogP contribution is 2.44. The molecule has 2 atom stereocenters. The molecule has 5 rings (SSSR count). The van der Waals surface area contributed by atoms with Gasteiger partial charge in [-0.2, -0.15) is 5.10 Å². The largest absolute Gasteiger partial charge is 0.293 e. The maximum atomic E-state index is 13.4. The predicted octanol–water partition coefficient (Wildman–Crippen LogP) is 5.52. The van der Waals surface area contributed by atoms with Crippen molar-refractivity contribution in [3.8, 4) is 0 Å². The standard InChI is InChI=1S/C26H23N3O/c30-26(23-16-7-8-17-27-23)29-25(20-12-5-2-6-13-20)22-15-9-14-21(24(22)28-29)18-19-10-3-1-4-11-19/h1-8,10-13,16-18,22,25H,9,14-15H2/b21-18+/t22-,25-/m0/s1. The van der Waals surface area contributed by atoms with E-state index in [1.54, 1.807) is 17.3 Å². The fraction of sp³-hybridized carbons (Fsp3) is 0.192. The molecule has 30 heavy (non-hydrogen) atoms. The molecule has 1 aliphatic carbocycles. The summed E-state index contributed by atoms with van der Waals surface area (Å²) in [6.45, 7) is 0. The quantitative estimate of drug-likeness (QED) is 0.588. The zero-order valence-corrected chi connectivity index (χ0v) is 16.7. The molecule has 3 aromatic rings. The van der Waals surface area contributed by atoms with Crippen LogP contribution in [0.15, 0.2) is 95.7 Å². The molecule has 1 amide bonds. The van der Waals surface area contributed by atoms with Crippen LogP contribution in [0.25, 0.3) is 6.08 Å². The number of hydrogen-bond acceptors (Lipinski definition) is 3. The lowest BCUT2D eigenvalue weighted by molar-refractivity contribution is 0.0675. The average molecular weight is 393 g/mol. The number of hydrazone groups is 1. The molecule has 1 saturated carbocycles. The summed E-state index contributed by atoms with van der Waals surface area (Å²) in [5, 5.41) is 6.58. The number of allylic oxidation sites excluding steroid dienone is 1. The zero-order valence-electron chi connectivity index (χ0n) is 16.7. The minimum atomic E-state index is -0.148. The molecule has 0 radical (unpaired) electrons. The molecule has 2 aliphatic rings. The van der Waals surface area contributed by atoms with Crippen molar-refractivity contribution in [2.45, 2.75) is 25.3 Å². The normalized spacial score (nSPS) is 21.9. The van der Waals surface area contributed by atoms with E-state index in [0.717, 1.165) is 30.5 Å². The molecular formula is C26H23N3O. The van der Waals surface area contributed by atoms with Crippen LogP contribution in [0.4, 0.5) is 0 Å². The second-order valence-electron chi connectivity index (χ2n) is 7.78. The summed E-state index contributed by atoms with van der Waals surface area (Å²) < 4.78 is 0. The van der Waals surface area contributed by atoms with Crippen molar-refractivity contribution in [3.05, 3.63) is 107 Å². The zero-order chi connectivity index (χ0) is 20.3. The van der Waals surface area contributed by atoms with Crippen LogP contribution in [-0.4, -0.2) is 21.6 Å². The summed E-state index contributed by atoms with van der Waals surface area (Å²) in [5.41, 5.74) is 4.99. The molecule has 0 unspecified atom stereocenters. The molecule has 148 valence electrons. The van der Waals surface area contributed by atoms with Crippen molar-refractivity contribution in [1.82, 2.24) is 9.99 Å². The van der Waals surface area contributed by atoms with Crippen LogP contribution in [-0.2, 0) is 0 Å². The molecular weight excluding hydrogens is 370 g/mol. The van der Waals surface area contributed by atoms with E-state index in [9.17, 15) is 4.79 Å². The monoisotopic (exact) mass is 393 g/mol. The van der Waals surface area contributed by atoms with Crippen LogP contribution in [0.3, 0.4) is 0 Å². The number of carbonyl (C=O) groups excluding carboxylic acids is 1. The fourth-order valence-corrected chi connectivity index (χ4v) is 4.51. The van der Waals surface area contributed by atoms with Crippen LogP contribution in [0.2, 0.25) is 0 Å². The number of benzene rings is 2. The number of pyridine rings is 1. The third kappa shape index (κ3) is 3.45. The smallest absolute Gasteiger partial charge is 0.265 e. The van der Waals surface area contributed by atoms with E-state index in [-0.39, 0.29) is 17.9 Å². The predicted molar refractivity (Wildman–Crippen MR) is 119 cm³/mol. The Hall–Kier alpha value is -3.53. The summed E-state index contributed by atoms with van der Waals surface area (Å²) >= 11 is 0. The third-order valence-electron chi connectivity index (χ3n) is 5.88. The van der Waals surface area contributed by atoms with Crippen LogP contribution in [0, 0.1) is 5.92 Å². The van der Waals surface area contributed by atoms with Crippen LogP contribution in [0.5, 0.6) is 0 Å². The molecule has 1 aromatic heterocycles. The van der Waals surface area contributed by atoms with E-state index in [0.29, 0.717) is 5.69 Å². The second kappa shape index (κ2) is 8.07. The number of fused-ring (bicyclic) bond motifs is 1. The summed E-state index contributed by atoms with van der Waals surface area (Å²) in [5.74, 6) is 0.0502. The van der Waals surface area contributed by atoms with Gasteiger partial charge >= 0.3 is 0 Å². The maximum absolute atomic E-state index is 13.4. The Morgan fingerprint density at radius 2 is 1.67 bits per heavy atom. The van der Waals surface area contributed by atoms with Crippen molar-refractivity contribution in [3.63, 3.8) is 0 Å². The molecule has 2 heterocycles. The first-order valence-electron chi connectivity index (χ1n) is 10.5. The van der Waals surface area contributed by atoms with Gasteiger partial charge in [0.25, 0.3) is 5.91 Å². The third-order valence-corrected chi connectivity index (χ3v) is 5.88. The van der Waals surface area contributed by atoms with Gasteiger partial charge in [-0.05, 0) is 54.2 Å². The summed E-state index contributed by atoms with van der Waals surface area (Å²) in [6, 6.07) is 25.9. The van der Waals surface area contributed by atoms with Crippen molar-refractivity contribution in [2.75, 3.05) is 0 Å². The van der Waals surface area contributed by atoms with E-state index in [1.807, 2.05) is 48.5 Å². The van der Waals surface area contributed by atoms with E-state index in [2.05, 4.69) is 35.3 Å². The average Bonchev–Trinajstić information content (AvgIpc) is 3.21. The van der Waals surface area contributed by atoms with Gasteiger partial charge in [-0.1, -0.05) is 66.7 Å². The lowest BCUT2D eigenvalue weighted by Crippen LogP contribution is -2.32. The van der Waals surface area contributed by atoms with Gasteiger partial charge in [0.05, 0.1) is 11.8 Å². The number of carbonyl (C=O) groups is 1. The van der Waals surface area contributed by atoms with Gasteiger partial charge in [-0.3, -0.25) is 9.78 Å². The van der Waals surface area contributed by atoms with E-state index in [1.165, 1.54) is 11.1 Å². The van der Waals surface area contributed by atoms with E-state index in [4.69, 9.17) is 5.10 Å². The van der Waals surface area contributed by atoms with Crippen LogP contribution < -0.4 is 0 Å². The van der Waals surface area contributed by atoms with Gasteiger partial charge in [0, 0.05) is 12.1 Å². The van der Waals surface area contributed by atoms with Gasteiger partial charge in [0.2, 0.25) is 0 Å². The Bertz CT molecular complexity index is 1090.